The molecule has 0 amide bonds. The van der Waals surface area contributed by atoms with Crippen molar-refractivity contribution in [2.45, 2.75) is 297 Å². The van der Waals surface area contributed by atoms with Crippen molar-refractivity contribution in [2.75, 3.05) is 13.2 Å². The van der Waals surface area contributed by atoms with Gasteiger partial charge >= 0.3 is 17.9 Å². The highest BCUT2D eigenvalue weighted by Crippen LogP contribution is 2.16. The summed E-state index contributed by atoms with van der Waals surface area (Å²) in [4.78, 5) is 38.2. The zero-order valence-corrected chi connectivity index (χ0v) is 47.9. The van der Waals surface area contributed by atoms with Crippen LogP contribution in [0.3, 0.4) is 0 Å². The molecule has 0 saturated carbocycles. The number of ether oxygens (including phenoxy) is 3. The van der Waals surface area contributed by atoms with Crippen molar-refractivity contribution >= 4 is 17.9 Å². The maximum atomic E-state index is 12.9. The average Bonchev–Trinajstić information content (AvgIpc) is 3.39. The van der Waals surface area contributed by atoms with Gasteiger partial charge in [0.25, 0.3) is 0 Å². The first-order valence-electron chi connectivity index (χ1n) is 30.7. The van der Waals surface area contributed by atoms with Crippen molar-refractivity contribution in [3.8, 4) is 0 Å². The van der Waals surface area contributed by atoms with E-state index in [1.165, 1.54) is 148 Å². The SMILES string of the molecule is CC/C=C\C/C=C\C/C=C\C/C=C\C/C=C\CCCCCC(=O)O[C@H](COC(=O)CCC/C=C\C/C=C\C/C=C\CCCCCCCC)COC(=O)CCCCCCCCCCCCCCCCCCCCC. The minimum atomic E-state index is -0.816. The molecule has 0 aromatic rings. The average molecular weight is 1020 g/mol. The van der Waals surface area contributed by atoms with Crippen molar-refractivity contribution in [1.82, 2.24) is 0 Å². The number of carbonyl (C=O) groups is 3. The smallest absolute Gasteiger partial charge is 0.306 e. The van der Waals surface area contributed by atoms with Crippen LogP contribution in [0.25, 0.3) is 0 Å². The first kappa shape index (κ1) is 69.3. The topological polar surface area (TPSA) is 78.9 Å². The largest absolute Gasteiger partial charge is 0.462 e. The molecule has 0 saturated heterocycles. The molecule has 0 unspecified atom stereocenters. The molecule has 0 aromatic heterocycles. The molecule has 1 atom stereocenters. The minimum absolute atomic E-state index is 0.105. The maximum Gasteiger partial charge on any atom is 0.306 e. The fourth-order valence-electron chi connectivity index (χ4n) is 8.49. The highest BCUT2D eigenvalue weighted by molar-refractivity contribution is 5.71. The fraction of sp³-hybridized carbons (Fsp3) is 0.716. The van der Waals surface area contributed by atoms with Crippen LogP contribution in [0, 0.1) is 0 Å². The normalized spacial score (nSPS) is 12.8. The van der Waals surface area contributed by atoms with Crippen LogP contribution in [0.2, 0.25) is 0 Å². The number of unbranched alkanes of at least 4 members (excludes halogenated alkanes) is 28. The van der Waals surface area contributed by atoms with E-state index in [0.717, 1.165) is 96.3 Å². The fourth-order valence-corrected chi connectivity index (χ4v) is 8.49. The zero-order chi connectivity index (χ0) is 52.9. The minimum Gasteiger partial charge on any atom is -0.462 e. The Kier molecular flexibility index (Phi) is 57.8. The van der Waals surface area contributed by atoms with Gasteiger partial charge in [0.1, 0.15) is 13.2 Å². The van der Waals surface area contributed by atoms with Gasteiger partial charge in [-0.1, -0.05) is 272 Å². The first-order chi connectivity index (χ1) is 36.0. The van der Waals surface area contributed by atoms with Gasteiger partial charge in [-0.05, 0) is 96.3 Å². The molecule has 6 heteroatoms. The Hall–Kier alpha value is -3.67. The zero-order valence-electron chi connectivity index (χ0n) is 47.9. The Labute approximate surface area is 451 Å². The number of carbonyl (C=O) groups excluding carboxylic acids is 3. The molecule has 0 aliphatic heterocycles. The van der Waals surface area contributed by atoms with Crippen LogP contribution in [0.15, 0.2) is 97.2 Å². The standard InChI is InChI=1S/C67H114O6/c1-4-7-10-13-16-19-22-25-28-31-33-36-39-42-45-48-51-54-57-60-66(69)72-63-64(62-71-65(68)59-56-53-50-47-44-41-38-35-30-27-24-21-18-15-12-9-6-3)73-67(70)61-58-55-52-49-46-43-40-37-34-32-29-26-23-20-17-14-11-8-5-2/h8,11,17,20,26-27,29-30,34,37-38,41,43,46-47,50,64H,4-7,9-10,12-16,18-19,21-25,28,31-33,35-36,39-40,42,44-45,48-49,51-63H2,1-3H3/b11-8-,20-17-,29-26-,30-27-,37-34-,41-38-,46-43-,50-47-/t64-/m1/s1. The van der Waals surface area contributed by atoms with Crippen LogP contribution < -0.4 is 0 Å². The Bertz CT molecular complexity index is 1440. The predicted molar refractivity (Wildman–Crippen MR) is 316 cm³/mol. The summed E-state index contributed by atoms with van der Waals surface area (Å²) in [6.07, 6.45) is 81.3. The summed E-state index contributed by atoms with van der Waals surface area (Å²) < 4.78 is 16.8. The van der Waals surface area contributed by atoms with Crippen LogP contribution in [0.4, 0.5) is 0 Å². The lowest BCUT2D eigenvalue weighted by molar-refractivity contribution is -0.167. The number of hydrogen-bond donors (Lipinski definition) is 0. The molecule has 0 radical (unpaired) electrons. The molecule has 0 aromatic carbocycles. The molecule has 0 rings (SSSR count). The van der Waals surface area contributed by atoms with Gasteiger partial charge in [-0.3, -0.25) is 14.4 Å². The molecule has 0 fully saturated rings. The lowest BCUT2D eigenvalue weighted by Crippen LogP contribution is -2.30. The molecule has 0 aliphatic carbocycles. The highest BCUT2D eigenvalue weighted by atomic mass is 16.6. The van der Waals surface area contributed by atoms with E-state index >= 15 is 0 Å². The molecule has 0 bridgehead atoms. The molecular formula is C67H114O6. The van der Waals surface area contributed by atoms with Gasteiger partial charge in [-0.25, -0.2) is 0 Å². The summed E-state index contributed by atoms with van der Waals surface area (Å²) >= 11 is 0. The van der Waals surface area contributed by atoms with Gasteiger partial charge in [0.15, 0.2) is 6.10 Å². The summed E-state index contributed by atoms with van der Waals surface area (Å²) in [6, 6.07) is 0. The molecule has 0 aliphatic rings. The highest BCUT2D eigenvalue weighted by Gasteiger charge is 2.19. The molecule has 73 heavy (non-hydrogen) atoms. The van der Waals surface area contributed by atoms with Gasteiger partial charge in [0, 0.05) is 19.3 Å². The van der Waals surface area contributed by atoms with Crippen molar-refractivity contribution in [3.63, 3.8) is 0 Å². The molecule has 0 spiro atoms. The van der Waals surface area contributed by atoms with E-state index in [2.05, 4.69) is 118 Å². The number of hydrogen-bond acceptors (Lipinski definition) is 6. The van der Waals surface area contributed by atoms with Gasteiger partial charge in [-0.15, -0.1) is 0 Å². The van der Waals surface area contributed by atoms with Crippen molar-refractivity contribution in [2.24, 2.45) is 0 Å². The second kappa shape index (κ2) is 60.9. The molecule has 6 nitrogen and oxygen atoms in total. The second-order valence-corrected chi connectivity index (χ2v) is 20.2. The monoisotopic (exact) mass is 1010 g/mol. The lowest BCUT2D eigenvalue weighted by atomic mass is 10.0. The second-order valence-electron chi connectivity index (χ2n) is 20.2. The number of rotatable bonds is 55. The lowest BCUT2D eigenvalue weighted by Gasteiger charge is -2.18. The van der Waals surface area contributed by atoms with Gasteiger partial charge in [0.2, 0.25) is 0 Å². The third-order valence-corrected chi connectivity index (χ3v) is 13.1. The van der Waals surface area contributed by atoms with Gasteiger partial charge in [-0.2, -0.15) is 0 Å². The Morgan fingerprint density at radius 3 is 0.904 bits per heavy atom. The number of esters is 3. The van der Waals surface area contributed by atoms with E-state index in [-0.39, 0.29) is 44.0 Å². The van der Waals surface area contributed by atoms with Crippen LogP contribution in [0.1, 0.15) is 290 Å². The first-order valence-corrected chi connectivity index (χ1v) is 30.7. The van der Waals surface area contributed by atoms with E-state index < -0.39 is 6.10 Å². The molecule has 0 N–H and O–H groups in total. The Morgan fingerprint density at radius 1 is 0.288 bits per heavy atom. The third-order valence-electron chi connectivity index (χ3n) is 13.1. The molecule has 418 valence electrons. The van der Waals surface area contributed by atoms with Crippen molar-refractivity contribution in [3.05, 3.63) is 97.2 Å². The van der Waals surface area contributed by atoms with Crippen LogP contribution >= 0.6 is 0 Å². The van der Waals surface area contributed by atoms with Crippen molar-refractivity contribution < 1.29 is 28.6 Å². The summed E-state index contributed by atoms with van der Waals surface area (Å²) in [6.45, 7) is 6.48. The molecular weight excluding hydrogens is 901 g/mol. The summed E-state index contributed by atoms with van der Waals surface area (Å²) in [5.74, 6) is -0.984. The number of allylic oxidation sites excluding steroid dienone is 16. The Morgan fingerprint density at radius 2 is 0.548 bits per heavy atom. The predicted octanol–water partition coefficient (Wildman–Crippen LogP) is 20.9. The van der Waals surface area contributed by atoms with E-state index in [4.69, 9.17) is 14.2 Å². The quantitative estimate of drug-likeness (QED) is 0.0261. The van der Waals surface area contributed by atoms with Crippen LogP contribution in [-0.2, 0) is 28.6 Å². The van der Waals surface area contributed by atoms with Crippen LogP contribution in [-0.4, -0.2) is 37.2 Å². The molecule has 0 heterocycles. The van der Waals surface area contributed by atoms with Gasteiger partial charge < -0.3 is 14.2 Å². The van der Waals surface area contributed by atoms with E-state index in [9.17, 15) is 14.4 Å². The van der Waals surface area contributed by atoms with E-state index in [0.29, 0.717) is 12.8 Å². The maximum absolute atomic E-state index is 12.9. The van der Waals surface area contributed by atoms with Crippen molar-refractivity contribution in [1.29, 1.82) is 0 Å². The summed E-state index contributed by atoms with van der Waals surface area (Å²) in [5.41, 5.74) is 0. The van der Waals surface area contributed by atoms with Gasteiger partial charge in [0.05, 0.1) is 0 Å². The third kappa shape index (κ3) is 59.1. The van der Waals surface area contributed by atoms with Crippen LogP contribution in [0.5, 0.6) is 0 Å². The summed E-state index contributed by atoms with van der Waals surface area (Å²) in [5, 5.41) is 0. The Balaban J connectivity index is 4.49. The van der Waals surface area contributed by atoms with E-state index in [1.807, 2.05) is 0 Å². The summed E-state index contributed by atoms with van der Waals surface area (Å²) in [7, 11) is 0. The van der Waals surface area contributed by atoms with E-state index in [1.54, 1.807) is 0 Å².